The van der Waals surface area contributed by atoms with Crippen molar-refractivity contribution in [2.75, 3.05) is 43.4 Å². The number of nitrogens with zero attached hydrogens (tertiary/aromatic N) is 5. The van der Waals surface area contributed by atoms with E-state index in [0.29, 0.717) is 22.8 Å². The number of amides is 3. The standard InChI is InChI=1S/C20H22N6O3/c1-13(26-18(28)15-5-3-4-6-16(15)19(26)29)17(27)23-14-11-21-20(22-12-14)25-9-7-24(2)8-10-25/h3-6,11-13H,7-10H2,1-2H3,(H,23,27). The Hall–Kier alpha value is -3.33. The largest absolute Gasteiger partial charge is 0.338 e. The summed E-state index contributed by atoms with van der Waals surface area (Å²) in [6.07, 6.45) is 3.07. The first kappa shape index (κ1) is 19.0. The molecule has 0 saturated carbocycles. The first-order valence-electron chi connectivity index (χ1n) is 9.49. The maximum absolute atomic E-state index is 12.6. The lowest BCUT2D eigenvalue weighted by molar-refractivity contribution is -0.119. The van der Waals surface area contributed by atoms with Gasteiger partial charge in [0.2, 0.25) is 11.9 Å². The van der Waals surface area contributed by atoms with Crippen molar-refractivity contribution in [3.05, 3.63) is 47.8 Å². The fourth-order valence-corrected chi connectivity index (χ4v) is 3.48. The molecule has 2 aliphatic rings. The summed E-state index contributed by atoms with van der Waals surface area (Å²) in [7, 11) is 2.08. The van der Waals surface area contributed by atoms with Gasteiger partial charge in [0.15, 0.2) is 0 Å². The van der Waals surface area contributed by atoms with E-state index in [1.54, 1.807) is 24.3 Å². The van der Waals surface area contributed by atoms with Gasteiger partial charge in [0.25, 0.3) is 11.8 Å². The van der Waals surface area contributed by atoms with E-state index in [9.17, 15) is 14.4 Å². The summed E-state index contributed by atoms with van der Waals surface area (Å²) in [6, 6.07) is 5.60. The summed E-state index contributed by atoms with van der Waals surface area (Å²) in [4.78, 5) is 51.7. The van der Waals surface area contributed by atoms with Crippen molar-refractivity contribution in [2.24, 2.45) is 0 Å². The molecule has 9 nitrogen and oxygen atoms in total. The van der Waals surface area contributed by atoms with Crippen molar-refractivity contribution in [2.45, 2.75) is 13.0 Å². The number of carbonyl (C=O) groups is 3. The van der Waals surface area contributed by atoms with E-state index in [1.807, 2.05) is 0 Å². The van der Waals surface area contributed by atoms with Crippen LogP contribution in [-0.2, 0) is 4.79 Å². The highest BCUT2D eigenvalue weighted by Gasteiger charge is 2.40. The highest BCUT2D eigenvalue weighted by Crippen LogP contribution is 2.25. The first-order valence-corrected chi connectivity index (χ1v) is 9.49. The molecule has 1 N–H and O–H groups in total. The Labute approximate surface area is 168 Å². The van der Waals surface area contributed by atoms with Crippen LogP contribution in [0.25, 0.3) is 0 Å². The van der Waals surface area contributed by atoms with E-state index < -0.39 is 23.8 Å². The van der Waals surface area contributed by atoms with Gasteiger partial charge in [0, 0.05) is 26.2 Å². The molecule has 0 spiro atoms. The van der Waals surface area contributed by atoms with Gasteiger partial charge >= 0.3 is 0 Å². The van der Waals surface area contributed by atoms with Crippen LogP contribution in [-0.4, -0.2) is 76.8 Å². The predicted octanol–water partition coefficient (Wildman–Crippen LogP) is 0.852. The minimum absolute atomic E-state index is 0.317. The summed E-state index contributed by atoms with van der Waals surface area (Å²) in [5.41, 5.74) is 1.05. The molecule has 1 fully saturated rings. The maximum atomic E-state index is 12.6. The molecule has 2 aliphatic heterocycles. The molecule has 29 heavy (non-hydrogen) atoms. The quantitative estimate of drug-likeness (QED) is 0.768. The number of aromatic nitrogens is 2. The van der Waals surface area contributed by atoms with Gasteiger partial charge in [-0.25, -0.2) is 9.97 Å². The molecule has 1 atom stereocenters. The predicted molar refractivity (Wildman–Crippen MR) is 107 cm³/mol. The molecule has 1 saturated heterocycles. The van der Waals surface area contributed by atoms with Crippen molar-refractivity contribution in [1.29, 1.82) is 0 Å². The van der Waals surface area contributed by atoms with Crippen molar-refractivity contribution < 1.29 is 14.4 Å². The molecule has 0 radical (unpaired) electrons. The second kappa shape index (κ2) is 7.59. The Balaban J connectivity index is 1.42. The zero-order chi connectivity index (χ0) is 20.5. The molecule has 9 heteroatoms. The van der Waals surface area contributed by atoms with Gasteiger partial charge in [-0.2, -0.15) is 0 Å². The molecular weight excluding hydrogens is 372 g/mol. The van der Waals surface area contributed by atoms with Crippen molar-refractivity contribution >= 4 is 29.4 Å². The molecule has 1 aromatic carbocycles. The molecule has 4 rings (SSSR count). The minimum atomic E-state index is -0.959. The van der Waals surface area contributed by atoms with E-state index in [1.165, 1.54) is 19.3 Å². The van der Waals surface area contributed by atoms with Gasteiger partial charge in [-0.1, -0.05) is 12.1 Å². The molecule has 3 heterocycles. The molecule has 150 valence electrons. The summed E-state index contributed by atoms with van der Waals surface area (Å²) < 4.78 is 0. The van der Waals surface area contributed by atoms with Crippen molar-refractivity contribution in [1.82, 2.24) is 19.8 Å². The number of benzene rings is 1. The number of fused-ring (bicyclic) bond motifs is 1. The van der Waals surface area contributed by atoms with Crippen LogP contribution >= 0.6 is 0 Å². The van der Waals surface area contributed by atoms with E-state index in [2.05, 4.69) is 32.1 Å². The van der Waals surface area contributed by atoms with Gasteiger partial charge in [-0.3, -0.25) is 19.3 Å². The monoisotopic (exact) mass is 394 g/mol. The smallest absolute Gasteiger partial charge is 0.262 e. The highest BCUT2D eigenvalue weighted by atomic mass is 16.2. The number of nitrogens with one attached hydrogen (secondary N) is 1. The normalized spacial score (nSPS) is 18.0. The topological polar surface area (TPSA) is 98.7 Å². The van der Waals surface area contributed by atoms with Gasteiger partial charge in [-0.05, 0) is 26.1 Å². The second-order valence-corrected chi connectivity index (χ2v) is 7.25. The summed E-state index contributed by atoms with van der Waals surface area (Å²) in [5.74, 6) is -0.787. The lowest BCUT2D eigenvalue weighted by Gasteiger charge is -2.32. The van der Waals surface area contributed by atoms with Gasteiger partial charge in [0.1, 0.15) is 6.04 Å². The van der Waals surface area contributed by atoms with Gasteiger partial charge in [-0.15, -0.1) is 0 Å². The lowest BCUT2D eigenvalue weighted by Crippen LogP contribution is -2.45. The number of piperazine rings is 1. The van der Waals surface area contributed by atoms with E-state index in [4.69, 9.17) is 0 Å². The van der Waals surface area contributed by atoms with Crippen molar-refractivity contribution in [3.63, 3.8) is 0 Å². The highest BCUT2D eigenvalue weighted by molar-refractivity contribution is 6.23. The number of anilines is 2. The van der Waals surface area contributed by atoms with Crippen LogP contribution in [0.2, 0.25) is 0 Å². The molecular formula is C20H22N6O3. The van der Waals surface area contributed by atoms with Crippen molar-refractivity contribution in [3.8, 4) is 0 Å². The minimum Gasteiger partial charge on any atom is -0.338 e. The molecule has 1 aromatic heterocycles. The number of likely N-dealkylation sites (N-methyl/N-ethyl adjacent to an activating group) is 1. The van der Waals surface area contributed by atoms with Crippen LogP contribution < -0.4 is 10.2 Å². The maximum Gasteiger partial charge on any atom is 0.262 e. The molecule has 0 aliphatic carbocycles. The first-order chi connectivity index (χ1) is 14.0. The Bertz CT molecular complexity index is 918. The fraction of sp³-hybridized carbons (Fsp3) is 0.350. The third-order valence-electron chi connectivity index (χ3n) is 5.28. The number of hydrogen-bond donors (Lipinski definition) is 1. The Morgan fingerprint density at radius 1 is 1.00 bits per heavy atom. The fourth-order valence-electron chi connectivity index (χ4n) is 3.48. The zero-order valence-corrected chi connectivity index (χ0v) is 16.3. The van der Waals surface area contributed by atoms with Crippen LogP contribution in [0.1, 0.15) is 27.6 Å². The molecule has 1 unspecified atom stereocenters. The second-order valence-electron chi connectivity index (χ2n) is 7.25. The van der Waals surface area contributed by atoms with Gasteiger partial charge in [0.05, 0.1) is 29.2 Å². The van der Waals surface area contributed by atoms with Crippen LogP contribution in [0.5, 0.6) is 0 Å². The molecule has 3 amide bonds. The number of imide groups is 1. The third-order valence-corrected chi connectivity index (χ3v) is 5.28. The number of carbonyl (C=O) groups excluding carboxylic acids is 3. The number of rotatable bonds is 4. The van der Waals surface area contributed by atoms with Crippen LogP contribution in [0, 0.1) is 0 Å². The average molecular weight is 394 g/mol. The average Bonchev–Trinajstić information content (AvgIpc) is 2.99. The van der Waals surface area contributed by atoms with Gasteiger partial charge < -0.3 is 15.1 Å². The Morgan fingerprint density at radius 2 is 1.55 bits per heavy atom. The molecule has 2 aromatic rings. The van der Waals surface area contributed by atoms with Crippen LogP contribution in [0.4, 0.5) is 11.6 Å². The van der Waals surface area contributed by atoms with E-state index in [-0.39, 0.29) is 0 Å². The lowest BCUT2D eigenvalue weighted by atomic mass is 10.1. The summed E-state index contributed by atoms with van der Waals surface area (Å²) in [6.45, 7) is 5.10. The van der Waals surface area contributed by atoms with E-state index in [0.717, 1.165) is 31.1 Å². The van der Waals surface area contributed by atoms with E-state index >= 15 is 0 Å². The van der Waals surface area contributed by atoms with Crippen LogP contribution in [0.15, 0.2) is 36.7 Å². The number of hydrogen-bond acceptors (Lipinski definition) is 7. The van der Waals surface area contributed by atoms with Crippen LogP contribution in [0.3, 0.4) is 0 Å². The third kappa shape index (κ3) is 3.56. The molecule has 0 bridgehead atoms. The Morgan fingerprint density at radius 3 is 2.10 bits per heavy atom. The Kier molecular flexibility index (Phi) is 4.98. The zero-order valence-electron chi connectivity index (χ0n) is 16.3. The SMILES string of the molecule is CC(C(=O)Nc1cnc(N2CCN(C)CC2)nc1)N1C(=O)c2ccccc2C1=O. The summed E-state index contributed by atoms with van der Waals surface area (Å²) >= 11 is 0. The summed E-state index contributed by atoms with van der Waals surface area (Å²) in [5, 5.41) is 2.69.